The first-order valence-electron chi connectivity index (χ1n) is 7.54. The summed E-state index contributed by atoms with van der Waals surface area (Å²) in [6.45, 7) is 2.28. The van der Waals surface area contributed by atoms with E-state index < -0.39 is 19.0 Å². The molecular formula is C14H25F4NO2. The predicted molar refractivity (Wildman–Crippen MR) is 72.1 cm³/mol. The van der Waals surface area contributed by atoms with E-state index in [9.17, 15) is 17.6 Å². The molecule has 0 aromatic heterocycles. The number of nitrogens with one attached hydrogen (secondary N) is 1. The summed E-state index contributed by atoms with van der Waals surface area (Å²) in [5.41, 5.74) is 0. The van der Waals surface area contributed by atoms with Gasteiger partial charge in [-0.3, -0.25) is 0 Å². The summed E-state index contributed by atoms with van der Waals surface area (Å²) in [6.07, 6.45) is 1.06. The van der Waals surface area contributed by atoms with Crippen LogP contribution in [0.4, 0.5) is 17.6 Å². The van der Waals surface area contributed by atoms with Gasteiger partial charge in [0.2, 0.25) is 0 Å². The lowest BCUT2D eigenvalue weighted by molar-refractivity contribution is -0.167. The maximum Gasteiger partial charge on any atom is 0.330 e. The molecule has 21 heavy (non-hydrogen) atoms. The van der Waals surface area contributed by atoms with Crippen molar-refractivity contribution < 1.29 is 27.0 Å². The molecule has 1 rings (SSSR count). The van der Waals surface area contributed by atoms with Crippen molar-refractivity contribution in [3.05, 3.63) is 0 Å². The third-order valence-electron chi connectivity index (χ3n) is 3.48. The van der Waals surface area contributed by atoms with Crippen molar-refractivity contribution in [1.29, 1.82) is 0 Å². The first-order chi connectivity index (χ1) is 9.95. The molecule has 2 atom stereocenters. The molecule has 0 spiro atoms. The van der Waals surface area contributed by atoms with Gasteiger partial charge in [-0.2, -0.15) is 8.78 Å². The van der Waals surface area contributed by atoms with E-state index in [1.807, 2.05) is 6.92 Å². The van der Waals surface area contributed by atoms with Gasteiger partial charge in [0.15, 0.2) is 0 Å². The van der Waals surface area contributed by atoms with Crippen LogP contribution < -0.4 is 5.32 Å². The Hall–Kier alpha value is -0.400. The first kappa shape index (κ1) is 18.6. The predicted octanol–water partition coefficient (Wildman–Crippen LogP) is 3.23. The van der Waals surface area contributed by atoms with E-state index in [-0.39, 0.29) is 18.8 Å². The van der Waals surface area contributed by atoms with E-state index in [2.05, 4.69) is 5.32 Å². The number of hydrogen-bond donors (Lipinski definition) is 1. The van der Waals surface area contributed by atoms with Crippen molar-refractivity contribution in [2.45, 2.75) is 63.5 Å². The zero-order chi connectivity index (χ0) is 15.7. The summed E-state index contributed by atoms with van der Waals surface area (Å²) in [4.78, 5) is 0. The van der Waals surface area contributed by atoms with Crippen LogP contribution in [0.1, 0.15) is 39.0 Å². The Labute approximate surface area is 123 Å². The molecule has 0 saturated carbocycles. The molecule has 1 aliphatic rings. The van der Waals surface area contributed by atoms with Gasteiger partial charge in [-0.05, 0) is 38.6 Å². The van der Waals surface area contributed by atoms with E-state index in [0.717, 1.165) is 45.3 Å². The number of alkyl halides is 4. The number of halogens is 4. The van der Waals surface area contributed by atoms with Gasteiger partial charge in [0.1, 0.15) is 6.61 Å². The van der Waals surface area contributed by atoms with Gasteiger partial charge in [0.25, 0.3) is 0 Å². The molecule has 0 aliphatic carbocycles. The van der Waals surface area contributed by atoms with Gasteiger partial charge in [-0.15, -0.1) is 0 Å². The molecule has 1 N–H and O–H groups in total. The van der Waals surface area contributed by atoms with Crippen molar-refractivity contribution >= 4 is 0 Å². The van der Waals surface area contributed by atoms with Crippen LogP contribution in [0.3, 0.4) is 0 Å². The normalized spacial score (nSPS) is 21.1. The molecule has 1 saturated heterocycles. The first-order valence-corrected chi connectivity index (χ1v) is 7.54. The number of hydrogen-bond acceptors (Lipinski definition) is 3. The minimum absolute atomic E-state index is 0.00896. The standard InChI is InChI=1S/C14H25F4NO2/c1-2-7-19-11(5-6-12-4-3-8-21-12)9-20-10-14(17,18)13(15)16/h11-13,19H,2-10H2,1H3. The zero-order valence-corrected chi connectivity index (χ0v) is 12.4. The summed E-state index contributed by atoms with van der Waals surface area (Å²) in [7, 11) is 0. The lowest BCUT2D eigenvalue weighted by Crippen LogP contribution is -2.38. The van der Waals surface area contributed by atoms with Crippen molar-refractivity contribution in [3.8, 4) is 0 Å². The van der Waals surface area contributed by atoms with E-state index >= 15 is 0 Å². The molecule has 1 fully saturated rings. The van der Waals surface area contributed by atoms with Crippen LogP contribution in [0.15, 0.2) is 0 Å². The summed E-state index contributed by atoms with van der Waals surface area (Å²) in [6, 6.07) is -0.109. The topological polar surface area (TPSA) is 30.5 Å². The average molecular weight is 315 g/mol. The van der Waals surface area contributed by atoms with Gasteiger partial charge in [-0.25, -0.2) is 8.78 Å². The van der Waals surface area contributed by atoms with E-state index in [0.29, 0.717) is 0 Å². The van der Waals surface area contributed by atoms with Crippen LogP contribution in [-0.2, 0) is 9.47 Å². The van der Waals surface area contributed by atoms with Crippen LogP contribution in [0.2, 0.25) is 0 Å². The van der Waals surface area contributed by atoms with Crippen LogP contribution in [0.5, 0.6) is 0 Å². The molecule has 2 unspecified atom stereocenters. The second kappa shape index (κ2) is 9.58. The monoisotopic (exact) mass is 315 g/mol. The number of ether oxygens (including phenoxy) is 2. The molecule has 1 aliphatic heterocycles. The second-order valence-electron chi connectivity index (χ2n) is 5.44. The highest BCUT2D eigenvalue weighted by molar-refractivity contribution is 4.73. The van der Waals surface area contributed by atoms with Crippen LogP contribution >= 0.6 is 0 Å². The lowest BCUT2D eigenvalue weighted by Gasteiger charge is -2.22. The van der Waals surface area contributed by atoms with E-state index in [1.165, 1.54) is 0 Å². The minimum Gasteiger partial charge on any atom is -0.378 e. The van der Waals surface area contributed by atoms with Crippen LogP contribution in [-0.4, -0.2) is 50.9 Å². The van der Waals surface area contributed by atoms with Gasteiger partial charge in [0.05, 0.1) is 12.7 Å². The van der Waals surface area contributed by atoms with E-state index in [1.54, 1.807) is 0 Å². The van der Waals surface area contributed by atoms with Gasteiger partial charge >= 0.3 is 12.3 Å². The third-order valence-corrected chi connectivity index (χ3v) is 3.48. The van der Waals surface area contributed by atoms with Crippen molar-refractivity contribution in [1.82, 2.24) is 5.32 Å². The quantitative estimate of drug-likeness (QED) is 0.594. The molecule has 0 amide bonds. The fraction of sp³-hybridized carbons (Fsp3) is 1.00. The lowest BCUT2D eigenvalue weighted by atomic mass is 10.1. The molecule has 0 aromatic rings. The van der Waals surface area contributed by atoms with Gasteiger partial charge < -0.3 is 14.8 Å². The Kier molecular flexibility index (Phi) is 8.51. The Morgan fingerprint density at radius 1 is 1.38 bits per heavy atom. The van der Waals surface area contributed by atoms with E-state index in [4.69, 9.17) is 9.47 Å². The highest BCUT2D eigenvalue weighted by Gasteiger charge is 2.41. The molecule has 1 heterocycles. The van der Waals surface area contributed by atoms with Gasteiger partial charge in [0, 0.05) is 12.6 Å². The summed E-state index contributed by atoms with van der Waals surface area (Å²) < 4.78 is 59.9. The molecule has 7 heteroatoms. The van der Waals surface area contributed by atoms with Crippen molar-refractivity contribution in [2.75, 3.05) is 26.4 Å². The molecule has 0 aromatic carbocycles. The van der Waals surface area contributed by atoms with Crippen molar-refractivity contribution in [3.63, 3.8) is 0 Å². The van der Waals surface area contributed by atoms with Gasteiger partial charge in [-0.1, -0.05) is 6.92 Å². The van der Waals surface area contributed by atoms with Crippen LogP contribution in [0, 0.1) is 0 Å². The highest BCUT2D eigenvalue weighted by Crippen LogP contribution is 2.23. The largest absolute Gasteiger partial charge is 0.378 e. The Balaban J connectivity index is 2.27. The molecular weight excluding hydrogens is 290 g/mol. The SMILES string of the molecule is CCCNC(CCC1CCCO1)COCC(F)(F)C(F)F. The minimum atomic E-state index is -4.08. The Bertz CT molecular complexity index is 274. The number of rotatable bonds is 11. The maximum atomic E-state index is 12.8. The fourth-order valence-corrected chi connectivity index (χ4v) is 2.25. The molecule has 3 nitrogen and oxygen atoms in total. The Morgan fingerprint density at radius 3 is 2.71 bits per heavy atom. The molecule has 0 radical (unpaired) electrons. The maximum absolute atomic E-state index is 12.8. The summed E-state index contributed by atoms with van der Waals surface area (Å²) in [5, 5.41) is 3.20. The smallest absolute Gasteiger partial charge is 0.330 e. The second-order valence-corrected chi connectivity index (χ2v) is 5.44. The summed E-state index contributed by atoms with van der Waals surface area (Å²) >= 11 is 0. The highest BCUT2D eigenvalue weighted by atomic mass is 19.3. The average Bonchev–Trinajstić information content (AvgIpc) is 2.94. The van der Waals surface area contributed by atoms with Crippen molar-refractivity contribution in [2.24, 2.45) is 0 Å². The zero-order valence-electron chi connectivity index (χ0n) is 12.4. The Morgan fingerprint density at radius 2 is 2.14 bits per heavy atom. The van der Waals surface area contributed by atoms with Crippen LogP contribution in [0.25, 0.3) is 0 Å². The third kappa shape index (κ3) is 7.42. The summed E-state index contributed by atoms with van der Waals surface area (Å²) in [5.74, 6) is -4.08. The fourth-order valence-electron chi connectivity index (χ4n) is 2.25. The molecule has 126 valence electrons. The molecule has 0 bridgehead atoms.